The molecule has 1 saturated heterocycles. The van der Waals surface area contributed by atoms with Gasteiger partial charge in [0.1, 0.15) is 6.61 Å². The van der Waals surface area contributed by atoms with Crippen molar-refractivity contribution < 1.29 is 32.5 Å². The van der Waals surface area contributed by atoms with Gasteiger partial charge in [0, 0.05) is 23.6 Å². The molecule has 0 spiro atoms. The van der Waals surface area contributed by atoms with Gasteiger partial charge < -0.3 is 19.6 Å². The van der Waals surface area contributed by atoms with Crippen LogP contribution in [0, 0.1) is 0 Å². The monoisotopic (exact) mass is 415 g/mol. The van der Waals surface area contributed by atoms with E-state index in [1.165, 1.54) is 11.3 Å². The zero-order valence-corrected chi connectivity index (χ0v) is 15.2. The molecule has 4 rings (SSSR count). The molecule has 150 valence electrons. The predicted octanol–water partition coefficient (Wildman–Crippen LogP) is 3.93. The number of carboxylic acid groups (broad SMARTS) is 1. The number of hydrogen-bond donors (Lipinski definition) is 2. The summed E-state index contributed by atoms with van der Waals surface area (Å²) in [6.45, 7) is 1.38. The highest BCUT2D eigenvalue weighted by atomic mass is 32.1. The average Bonchev–Trinajstić information content (AvgIpc) is 3.30. The maximum atomic E-state index is 12.1. The number of aliphatic carboxylic acids is 1. The van der Waals surface area contributed by atoms with Crippen molar-refractivity contribution in [2.45, 2.75) is 25.1 Å². The van der Waals surface area contributed by atoms with Gasteiger partial charge in [0.25, 0.3) is 5.56 Å². The first kappa shape index (κ1) is 20.2. The zero-order chi connectivity index (χ0) is 20.3. The zero-order valence-electron chi connectivity index (χ0n) is 14.4. The highest BCUT2D eigenvalue weighted by molar-refractivity contribution is 7.21. The van der Waals surface area contributed by atoms with Gasteiger partial charge in [-0.2, -0.15) is 13.2 Å². The molecule has 2 N–H and O–H groups in total. The van der Waals surface area contributed by atoms with Crippen LogP contribution in [0.2, 0.25) is 0 Å². The van der Waals surface area contributed by atoms with Gasteiger partial charge in [0.05, 0.1) is 16.2 Å². The van der Waals surface area contributed by atoms with Crippen molar-refractivity contribution in [1.29, 1.82) is 0 Å². The number of aromatic nitrogens is 1. The number of halogens is 3. The van der Waals surface area contributed by atoms with Crippen molar-refractivity contribution in [1.82, 2.24) is 4.98 Å². The molecule has 3 heterocycles. The minimum atomic E-state index is -5.08. The van der Waals surface area contributed by atoms with E-state index in [1.807, 2.05) is 30.3 Å². The number of hydrogen-bond acceptors (Lipinski definition) is 5. The molecular formula is C18H16F3NO5S. The largest absolute Gasteiger partial charge is 0.490 e. The Morgan fingerprint density at radius 1 is 1.32 bits per heavy atom. The first-order chi connectivity index (χ1) is 13.3. The number of thiophene rings is 1. The number of carboxylic acids is 1. The number of nitrogens with one attached hydrogen (secondary N) is 1. The smallest absolute Gasteiger partial charge is 0.481 e. The molecule has 0 saturated carbocycles. The van der Waals surface area contributed by atoms with E-state index in [9.17, 15) is 18.0 Å². The van der Waals surface area contributed by atoms with E-state index in [-0.39, 0.29) is 11.7 Å². The molecule has 1 unspecified atom stereocenters. The Hall–Kier alpha value is -2.59. The molecule has 6 nitrogen and oxygen atoms in total. The van der Waals surface area contributed by atoms with Crippen LogP contribution in [0.1, 0.15) is 12.8 Å². The van der Waals surface area contributed by atoms with Crippen molar-refractivity contribution in [3.63, 3.8) is 0 Å². The van der Waals surface area contributed by atoms with Crippen LogP contribution in [0.3, 0.4) is 0 Å². The summed E-state index contributed by atoms with van der Waals surface area (Å²) in [5.74, 6) is -2.76. The van der Waals surface area contributed by atoms with Gasteiger partial charge in [-0.05, 0) is 18.9 Å². The van der Waals surface area contributed by atoms with Crippen LogP contribution in [-0.4, -0.2) is 41.6 Å². The van der Waals surface area contributed by atoms with E-state index in [0.717, 1.165) is 40.1 Å². The highest BCUT2D eigenvalue weighted by Crippen LogP contribution is 2.34. The van der Waals surface area contributed by atoms with Gasteiger partial charge in [-0.3, -0.25) is 4.79 Å². The lowest BCUT2D eigenvalue weighted by molar-refractivity contribution is -0.192. The number of para-hydroxylation sites is 1. The van der Waals surface area contributed by atoms with Crippen molar-refractivity contribution in [3.05, 3.63) is 40.7 Å². The lowest BCUT2D eigenvalue weighted by Gasteiger charge is -2.09. The Bertz CT molecular complexity index is 1040. The second-order valence-corrected chi connectivity index (χ2v) is 7.07. The Kier molecular flexibility index (Phi) is 5.90. The Morgan fingerprint density at radius 2 is 2.04 bits per heavy atom. The van der Waals surface area contributed by atoms with Crippen LogP contribution in [0.5, 0.6) is 5.06 Å². The molecule has 1 aliphatic heterocycles. The number of alkyl halides is 3. The maximum absolute atomic E-state index is 12.1. The van der Waals surface area contributed by atoms with Crippen LogP contribution >= 0.6 is 11.3 Å². The van der Waals surface area contributed by atoms with E-state index in [2.05, 4.69) is 4.98 Å². The summed E-state index contributed by atoms with van der Waals surface area (Å²) in [7, 11) is 0. The SMILES string of the molecule is O=C(O)C(F)(F)F.O=c1[nH]c2ccccc2c2sc(OCC3CCCO3)cc12. The Labute approximate surface area is 160 Å². The highest BCUT2D eigenvalue weighted by Gasteiger charge is 2.38. The third-order valence-corrected chi connectivity index (χ3v) is 5.13. The van der Waals surface area contributed by atoms with Gasteiger partial charge >= 0.3 is 12.1 Å². The Balaban J connectivity index is 0.000000279. The predicted molar refractivity (Wildman–Crippen MR) is 98.1 cm³/mol. The number of pyridine rings is 1. The van der Waals surface area contributed by atoms with Crippen molar-refractivity contribution in [2.24, 2.45) is 0 Å². The minimum absolute atomic E-state index is 0.0630. The summed E-state index contributed by atoms with van der Waals surface area (Å²) in [6, 6.07) is 9.68. The molecule has 0 bridgehead atoms. The van der Waals surface area contributed by atoms with E-state index in [4.69, 9.17) is 19.4 Å². The van der Waals surface area contributed by atoms with Gasteiger partial charge in [-0.1, -0.05) is 29.5 Å². The molecule has 1 aromatic carbocycles. The fraction of sp³-hybridized carbons (Fsp3) is 0.333. The minimum Gasteiger partial charge on any atom is -0.481 e. The van der Waals surface area contributed by atoms with Gasteiger partial charge in [-0.25, -0.2) is 4.79 Å². The molecule has 1 atom stereocenters. The van der Waals surface area contributed by atoms with Crippen molar-refractivity contribution >= 4 is 38.3 Å². The van der Waals surface area contributed by atoms with Gasteiger partial charge in [0.2, 0.25) is 0 Å². The fourth-order valence-electron chi connectivity index (χ4n) is 2.74. The van der Waals surface area contributed by atoms with Crippen LogP contribution < -0.4 is 10.3 Å². The average molecular weight is 415 g/mol. The lowest BCUT2D eigenvalue weighted by Crippen LogP contribution is -2.21. The molecule has 10 heteroatoms. The molecule has 0 radical (unpaired) electrons. The lowest BCUT2D eigenvalue weighted by atomic mass is 10.2. The number of rotatable bonds is 3. The van der Waals surface area contributed by atoms with Crippen molar-refractivity contribution in [3.8, 4) is 5.06 Å². The summed E-state index contributed by atoms with van der Waals surface area (Å²) in [6.07, 6.45) is -2.75. The summed E-state index contributed by atoms with van der Waals surface area (Å²) in [4.78, 5) is 23.9. The second-order valence-electron chi connectivity index (χ2n) is 6.06. The standard InChI is InChI=1S/C16H15NO3S.C2HF3O2/c18-16-12-8-14(20-9-10-4-3-7-19-10)21-15(12)11-5-1-2-6-13(11)17-16;3-2(4,5)1(6)7/h1-2,5-6,8,10H,3-4,7,9H2,(H,17,18);(H,6,7). The molecule has 2 aromatic heterocycles. The second kappa shape index (κ2) is 8.19. The number of benzene rings is 1. The van der Waals surface area contributed by atoms with Crippen LogP contribution in [-0.2, 0) is 9.53 Å². The van der Waals surface area contributed by atoms with Crippen LogP contribution in [0.4, 0.5) is 13.2 Å². The summed E-state index contributed by atoms with van der Waals surface area (Å²) >= 11 is 1.53. The number of H-pyrrole nitrogens is 1. The van der Waals surface area contributed by atoms with E-state index in [0.29, 0.717) is 12.0 Å². The van der Waals surface area contributed by atoms with E-state index in [1.54, 1.807) is 0 Å². The molecule has 1 fully saturated rings. The molecule has 3 aromatic rings. The third kappa shape index (κ3) is 4.63. The number of fused-ring (bicyclic) bond motifs is 3. The fourth-order valence-corrected chi connectivity index (χ4v) is 3.79. The first-order valence-corrected chi connectivity index (χ1v) is 9.16. The molecule has 0 amide bonds. The molecule has 1 aliphatic rings. The molecule has 0 aliphatic carbocycles. The number of carbonyl (C=O) groups is 1. The van der Waals surface area contributed by atoms with Crippen LogP contribution in [0.25, 0.3) is 21.0 Å². The quantitative estimate of drug-likeness (QED) is 0.677. The van der Waals surface area contributed by atoms with E-state index >= 15 is 0 Å². The third-order valence-electron chi connectivity index (χ3n) is 4.05. The molecule has 28 heavy (non-hydrogen) atoms. The summed E-state index contributed by atoms with van der Waals surface area (Å²) in [5.41, 5.74) is 0.800. The van der Waals surface area contributed by atoms with E-state index < -0.39 is 12.1 Å². The normalized spacial score (nSPS) is 16.8. The van der Waals surface area contributed by atoms with Crippen molar-refractivity contribution in [2.75, 3.05) is 13.2 Å². The summed E-state index contributed by atoms with van der Waals surface area (Å²) < 4.78 is 44.1. The van der Waals surface area contributed by atoms with Gasteiger partial charge in [0.15, 0.2) is 5.06 Å². The molecular weight excluding hydrogens is 399 g/mol. The topological polar surface area (TPSA) is 88.6 Å². The summed E-state index contributed by atoms with van der Waals surface area (Å²) in [5, 5.41) is 9.66. The number of aromatic amines is 1. The van der Waals surface area contributed by atoms with Crippen LogP contribution in [0.15, 0.2) is 35.1 Å². The maximum Gasteiger partial charge on any atom is 0.490 e. The first-order valence-electron chi connectivity index (χ1n) is 8.35. The number of ether oxygens (including phenoxy) is 2. The van der Waals surface area contributed by atoms with Gasteiger partial charge in [-0.15, -0.1) is 0 Å². The Morgan fingerprint density at radius 3 is 2.68 bits per heavy atom.